The van der Waals surface area contributed by atoms with E-state index in [4.69, 9.17) is 11.6 Å². The molecule has 1 aromatic rings. The second kappa shape index (κ2) is 4.19. The van der Waals surface area contributed by atoms with Crippen molar-refractivity contribution in [1.82, 2.24) is 0 Å². The first-order chi connectivity index (χ1) is 6.06. The number of ketones is 1. The summed E-state index contributed by atoms with van der Waals surface area (Å²) in [5.41, 5.74) is 0.870. The summed E-state index contributed by atoms with van der Waals surface area (Å²) in [7, 11) is 0. The van der Waals surface area contributed by atoms with Gasteiger partial charge in [0.05, 0.1) is 5.02 Å². The molecule has 1 aromatic carbocycles. The van der Waals surface area contributed by atoms with E-state index in [1.165, 1.54) is 13.0 Å². The lowest BCUT2D eigenvalue weighted by atomic mass is 10.1. The first kappa shape index (κ1) is 10.7. The quantitative estimate of drug-likeness (QED) is 0.478. The first-order valence-electron chi connectivity index (χ1n) is 3.51. The van der Waals surface area contributed by atoms with E-state index in [0.717, 1.165) is 0 Å². The monoisotopic (exact) mass is 308 g/mol. The van der Waals surface area contributed by atoms with Crippen molar-refractivity contribution in [2.75, 3.05) is 0 Å². The lowest BCUT2D eigenvalue weighted by Crippen LogP contribution is -1.97. The number of carbonyl (C=O) groups excluding carboxylic acids is 2. The number of carbonyl (C=O) groups is 2. The second-order valence-corrected chi connectivity index (χ2v) is 4.08. The summed E-state index contributed by atoms with van der Waals surface area (Å²) in [6.07, 6.45) is 0.699. The number of hydrogen-bond donors (Lipinski definition) is 0. The highest BCUT2D eigenvalue weighted by atomic mass is 127. The highest BCUT2D eigenvalue weighted by molar-refractivity contribution is 14.1. The second-order valence-electron chi connectivity index (χ2n) is 2.54. The van der Waals surface area contributed by atoms with Gasteiger partial charge >= 0.3 is 0 Å². The molecule has 2 nitrogen and oxygen atoms in total. The third-order valence-corrected chi connectivity index (χ3v) is 3.14. The van der Waals surface area contributed by atoms with Crippen LogP contribution in [-0.4, -0.2) is 12.1 Å². The zero-order valence-electron chi connectivity index (χ0n) is 6.80. The van der Waals surface area contributed by atoms with Crippen LogP contribution in [0.15, 0.2) is 12.1 Å². The summed E-state index contributed by atoms with van der Waals surface area (Å²) in [4.78, 5) is 21.6. The molecule has 0 aliphatic carbocycles. The molecule has 0 N–H and O–H groups in total. The fourth-order valence-corrected chi connectivity index (χ4v) is 1.83. The van der Waals surface area contributed by atoms with Crippen molar-refractivity contribution in [3.63, 3.8) is 0 Å². The summed E-state index contributed by atoms with van der Waals surface area (Å²) < 4.78 is 0.717. The summed E-state index contributed by atoms with van der Waals surface area (Å²) >= 11 is 7.86. The highest BCUT2D eigenvalue weighted by Gasteiger charge is 2.10. The number of halogens is 2. The van der Waals surface area contributed by atoms with Crippen molar-refractivity contribution in [3.05, 3.63) is 31.9 Å². The standard InChI is InChI=1S/C9H6ClIO2/c1-5(13)7-2-6(4-12)3-8(11)9(7)10/h2-4H,1H3. The topological polar surface area (TPSA) is 34.1 Å². The van der Waals surface area contributed by atoms with E-state index < -0.39 is 0 Å². The molecular formula is C9H6ClIO2. The number of Topliss-reactive ketones (excluding diaryl/α,β-unsaturated/α-hetero) is 1. The molecule has 0 unspecified atom stereocenters. The van der Waals surface area contributed by atoms with E-state index in [0.29, 0.717) is 26.0 Å². The molecule has 0 atom stereocenters. The van der Waals surface area contributed by atoms with Gasteiger partial charge < -0.3 is 0 Å². The summed E-state index contributed by atoms with van der Waals surface area (Å²) in [6, 6.07) is 3.14. The van der Waals surface area contributed by atoms with Crippen LogP contribution in [0.1, 0.15) is 27.6 Å². The fraction of sp³-hybridized carbons (Fsp3) is 0.111. The van der Waals surface area contributed by atoms with Crippen LogP contribution in [-0.2, 0) is 0 Å². The van der Waals surface area contributed by atoms with E-state index in [1.54, 1.807) is 6.07 Å². The normalized spacial score (nSPS) is 9.77. The first-order valence-corrected chi connectivity index (χ1v) is 4.97. The summed E-state index contributed by atoms with van der Waals surface area (Å²) in [5, 5.41) is 0.415. The van der Waals surface area contributed by atoms with E-state index in [-0.39, 0.29) is 5.78 Å². The van der Waals surface area contributed by atoms with Crippen LogP contribution < -0.4 is 0 Å². The molecular weight excluding hydrogens is 302 g/mol. The Morgan fingerprint density at radius 3 is 2.62 bits per heavy atom. The average molecular weight is 309 g/mol. The molecule has 0 spiro atoms. The van der Waals surface area contributed by atoms with Crippen molar-refractivity contribution in [2.24, 2.45) is 0 Å². The largest absolute Gasteiger partial charge is 0.298 e. The molecule has 4 heteroatoms. The Morgan fingerprint density at radius 2 is 2.15 bits per heavy atom. The van der Waals surface area contributed by atoms with Gasteiger partial charge in [-0.3, -0.25) is 9.59 Å². The number of rotatable bonds is 2. The van der Waals surface area contributed by atoms with Crippen LogP contribution in [0.25, 0.3) is 0 Å². The maximum absolute atomic E-state index is 11.1. The number of benzene rings is 1. The summed E-state index contributed by atoms with van der Waals surface area (Å²) in [6.45, 7) is 1.42. The van der Waals surface area contributed by atoms with Crippen LogP contribution in [0, 0.1) is 3.57 Å². The Labute approximate surface area is 94.4 Å². The average Bonchev–Trinajstić information content (AvgIpc) is 2.09. The van der Waals surface area contributed by atoms with Crippen molar-refractivity contribution in [1.29, 1.82) is 0 Å². The molecule has 13 heavy (non-hydrogen) atoms. The van der Waals surface area contributed by atoms with Crippen LogP contribution in [0.4, 0.5) is 0 Å². The van der Waals surface area contributed by atoms with E-state index in [1.807, 2.05) is 22.6 Å². The van der Waals surface area contributed by atoms with Crippen LogP contribution in [0.2, 0.25) is 5.02 Å². The minimum absolute atomic E-state index is 0.133. The minimum atomic E-state index is -0.133. The Kier molecular flexibility index (Phi) is 3.44. The molecule has 0 saturated heterocycles. The Morgan fingerprint density at radius 1 is 1.54 bits per heavy atom. The van der Waals surface area contributed by atoms with Gasteiger partial charge in [-0.1, -0.05) is 11.6 Å². The zero-order chi connectivity index (χ0) is 10.0. The lowest BCUT2D eigenvalue weighted by molar-refractivity contribution is 0.101. The van der Waals surface area contributed by atoms with E-state index >= 15 is 0 Å². The molecule has 0 aliphatic heterocycles. The molecule has 0 heterocycles. The van der Waals surface area contributed by atoms with Crippen LogP contribution in [0.5, 0.6) is 0 Å². The third kappa shape index (κ3) is 2.28. The molecule has 0 amide bonds. The van der Waals surface area contributed by atoms with Gasteiger partial charge in [0.1, 0.15) is 6.29 Å². The maximum atomic E-state index is 11.1. The van der Waals surface area contributed by atoms with Crippen LogP contribution >= 0.6 is 34.2 Å². The molecule has 0 radical (unpaired) electrons. The van der Waals surface area contributed by atoms with Crippen molar-refractivity contribution < 1.29 is 9.59 Å². The summed E-state index contributed by atoms with van der Waals surface area (Å²) in [5.74, 6) is -0.133. The molecule has 0 saturated carbocycles. The van der Waals surface area contributed by atoms with Crippen molar-refractivity contribution in [2.45, 2.75) is 6.92 Å². The molecule has 0 bridgehead atoms. The van der Waals surface area contributed by atoms with Gasteiger partial charge in [0, 0.05) is 14.7 Å². The Bertz CT molecular complexity index is 374. The predicted molar refractivity (Wildman–Crippen MR) is 59.6 cm³/mol. The molecule has 68 valence electrons. The van der Waals surface area contributed by atoms with Gasteiger partial charge in [-0.25, -0.2) is 0 Å². The van der Waals surface area contributed by atoms with Crippen molar-refractivity contribution >= 4 is 46.3 Å². The van der Waals surface area contributed by atoms with E-state index in [2.05, 4.69) is 0 Å². The fourth-order valence-electron chi connectivity index (χ4n) is 0.934. The van der Waals surface area contributed by atoms with Gasteiger partial charge in [-0.05, 0) is 41.6 Å². The maximum Gasteiger partial charge on any atom is 0.161 e. The minimum Gasteiger partial charge on any atom is -0.298 e. The number of hydrogen-bond acceptors (Lipinski definition) is 2. The van der Waals surface area contributed by atoms with Gasteiger partial charge in [-0.2, -0.15) is 0 Å². The van der Waals surface area contributed by atoms with Crippen LogP contribution in [0.3, 0.4) is 0 Å². The lowest BCUT2D eigenvalue weighted by Gasteiger charge is -2.03. The van der Waals surface area contributed by atoms with Crippen molar-refractivity contribution in [3.8, 4) is 0 Å². The molecule has 1 rings (SSSR count). The zero-order valence-corrected chi connectivity index (χ0v) is 9.72. The smallest absolute Gasteiger partial charge is 0.161 e. The van der Waals surface area contributed by atoms with Gasteiger partial charge in [-0.15, -0.1) is 0 Å². The Hall–Kier alpha value is -0.420. The van der Waals surface area contributed by atoms with Gasteiger partial charge in [0.2, 0.25) is 0 Å². The Balaban J connectivity index is 3.41. The number of aldehydes is 1. The molecule has 0 fully saturated rings. The highest BCUT2D eigenvalue weighted by Crippen LogP contribution is 2.24. The SMILES string of the molecule is CC(=O)c1cc(C=O)cc(I)c1Cl. The van der Waals surface area contributed by atoms with Gasteiger partial charge in [0.15, 0.2) is 5.78 Å². The third-order valence-electron chi connectivity index (χ3n) is 1.57. The predicted octanol–water partition coefficient (Wildman–Crippen LogP) is 2.96. The molecule has 0 aliphatic rings. The van der Waals surface area contributed by atoms with Gasteiger partial charge in [0.25, 0.3) is 0 Å². The van der Waals surface area contributed by atoms with E-state index in [9.17, 15) is 9.59 Å². The molecule has 0 aromatic heterocycles.